The average Bonchev–Trinajstić information content (AvgIpc) is 2.75. The summed E-state index contributed by atoms with van der Waals surface area (Å²) in [5, 5.41) is 17.8. The zero-order chi connectivity index (χ0) is 14.7. The Labute approximate surface area is 122 Å². The molecule has 0 aliphatic carbocycles. The van der Waals surface area contributed by atoms with Gasteiger partial charge in [-0.25, -0.2) is 9.59 Å². The number of aromatic nitrogens is 1. The molecular formula is C12H8ClNO5S. The number of aliphatic carboxylic acids is 1. The van der Waals surface area contributed by atoms with Gasteiger partial charge in [0.1, 0.15) is 5.02 Å². The van der Waals surface area contributed by atoms with Crippen LogP contribution in [-0.4, -0.2) is 33.7 Å². The fraction of sp³-hybridized carbons (Fsp3) is 0.0833. The summed E-state index contributed by atoms with van der Waals surface area (Å²) in [6.45, 7) is -0.663. The van der Waals surface area contributed by atoms with E-state index in [9.17, 15) is 9.59 Å². The molecule has 20 heavy (non-hydrogen) atoms. The minimum absolute atomic E-state index is 0.0710. The summed E-state index contributed by atoms with van der Waals surface area (Å²) in [6.07, 6.45) is 3.11. The molecule has 2 rings (SSSR count). The van der Waals surface area contributed by atoms with Crippen LogP contribution in [0, 0.1) is 0 Å². The first-order valence-corrected chi connectivity index (χ1v) is 6.50. The molecule has 0 radical (unpaired) electrons. The van der Waals surface area contributed by atoms with Gasteiger partial charge in [-0.05, 0) is 6.07 Å². The number of carboxylic acid groups (broad SMARTS) is 2. The molecule has 2 aromatic rings. The average molecular weight is 314 g/mol. The number of carboxylic acids is 2. The van der Waals surface area contributed by atoms with Gasteiger partial charge in [0.2, 0.25) is 0 Å². The standard InChI is InChI=1S/C12H8ClNO5S/c13-8-9(19-5-7(15)16)11(12(17)18)20-10(8)6-2-1-3-14-4-6/h1-4H,5H2,(H,15,16)(H,17,18). The van der Waals surface area contributed by atoms with Crippen molar-refractivity contribution < 1.29 is 24.5 Å². The van der Waals surface area contributed by atoms with Crippen LogP contribution in [0.3, 0.4) is 0 Å². The van der Waals surface area contributed by atoms with Crippen molar-refractivity contribution in [2.24, 2.45) is 0 Å². The Balaban J connectivity index is 2.48. The molecule has 0 saturated carbocycles. The third-order valence-electron chi connectivity index (χ3n) is 2.27. The van der Waals surface area contributed by atoms with Crippen molar-refractivity contribution >= 4 is 34.9 Å². The number of hydrogen-bond acceptors (Lipinski definition) is 5. The van der Waals surface area contributed by atoms with Crippen molar-refractivity contribution in [3.8, 4) is 16.2 Å². The first-order chi connectivity index (χ1) is 9.50. The van der Waals surface area contributed by atoms with Gasteiger partial charge in [-0.2, -0.15) is 0 Å². The lowest BCUT2D eigenvalue weighted by atomic mass is 10.2. The van der Waals surface area contributed by atoms with Gasteiger partial charge in [-0.1, -0.05) is 17.7 Å². The number of hydrogen-bond donors (Lipinski definition) is 2. The molecule has 0 fully saturated rings. The molecular weight excluding hydrogens is 306 g/mol. The number of carbonyl (C=O) groups is 2. The van der Waals surface area contributed by atoms with Crippen molar-refractivity contribution in [2.75, 3.05) is 6.61 Å². The van der Waals surface area contributed by atoms with Crippen molar-refractivity contribution in [2.45, 2.75) is 0 Å². The lowest BCUT2D eigenvalue weighted by Gasteiger charge is -2.03. The van der Waals surface area contributed by atoms with Gasteiger partial charge in [0.05, 0.1) is 4.88 Å². The van der Waals surface area contributed by atoms with Crippen LogP contribution in [0.4, 0.5) is 0 Å². The molecule has 2 N–H and O–H groups in total. The van der Waals surface area contributed by atoms with Crippen LogP contribution in [0.2, 0.25) is 5.02 Å². The Morgan fingerprint density at radius 1 is 1.40 bits per heavy atom. The van der Waals surface area contributed by atoms with E-state index in [1.807, 2.05) is 0 Å². The second-order valence-corrected chi connectivity index (χ2v) is 5.03. The number of aromatic carboxylic acids is 1. The predicted molar refractivity (Wildman–Crippen MR) is 72.7 cm³/mol. The number of pyridine rings is 1. The topological polar surface area (TPSA) is 96.7 Å². The maximum atomic E-state index is 11.2. The van der Waals surface area contributed by atoms with E-state index in [1.54, 1.807) is 18.3 Å². The molecule has 0 aromatic carbocycles. The maximum absolute atomic E-state index is 11.2. The first kappa shape index (κ1) is 14.3. The van der Waals surface area contributed by atoms with Gasteiger partial charge in [-0.15, -0.1) is 11.3 Å². The first-order valence-electron chi connectivity index (χ1n) is 5.31. The minimum Gasteiger partial charge on any atom is -0.479 e. The zero-order valence-corrected chi connectivity index (χ0v) is 11.4. The van der Waals surface area contributed by atoms with E-state index in [0.717, 1.165) is 11.3 Å². The van der Waals surface area contributed by atoms with Crippen LogP contribution in [0.1, 0.15) is 9.67 Å². The van der Waals surface area contributed by atoms with Crippen molar-refractivity contribution in [1.29, 1.82) is 0 Å². The molecule has 0 spiro atoms. The minimum atomic E-state index is -1.23. The second kappa shape index (κ2) is 5.89. The van der Waals surface area contributed by atoms with Gasteiger partial charge < -0.3 is 14.9 Å². The third kappa shape index (κ3) is 2.89. The van der Waals surface area contributed by atoms with Crippen LogP contribution in [0.5, 0.6) is 5.75 Å². The zero-order valence-electron chi connectivity index (χ0n) is 9.87. The van der Waals surface area contributed by atoms with Crippen molar-refractivity contribution in [1.82, 2.24) is 4.98 Å². The van der Waals surface area contributed by atoms with E-state index >= 15 is 0 Å². The number of halogens is 1. The quantitative estimate of drug-likeness (QED) is 0.880. The van der Waals surface area contributed by atoms with E-state index in [-0.39, 0.29) is 15.6 Å². The number of nitrogens with zero attached hydrogens (tertiary/aromatic N) is 1. The molecule has 8 heteroatoms. The molecule has 0 bridgehead atoms. The van der Waals surface area contributed by atoms with E-state index in [2.05, 4.69) is 4.98 Å². The van der Waals surface area contributed by atoms with Crippen LogP contribution in [0.25, 0.3) is 10.4 Å². The van der Waals surface area contributed by atoms with Gasteiger partial charge in [-0.3, -0.25) is 4.98 Å². The Morgan fingerprint density at radius 3 is 2.70 bits per heavy atom. The van der Waals surface area contributed by atoms with Crippen LogP contribution in [-0.2, 0) is 4.79 Å². The van der Waals surface area contributed by atoms with Crippen LogP contribution in [0.15, 0.2) is 24.5 Å². The summed E-state index contributed by atoms with van der Waals surface area (Å²) >= 11 is 7.00. The molecule has 0 aliphatic rings. The largest absolute Gasteiger partial charge is 0.479 e. The normalized spacial score (nSPS) is 10.2. The lowest BCUT2D eigenvalue weighted by molar-refractivity contribution is -0.139. The van der Waals surface area contributed by atoms with Crippen LogP contribution < -0.4 is 4.74 Å². The Bertz CT molecular complexity index is 655. The molecule has 0 unspecified atom stereocenters. The van der Waals surface area contributed by atoms with E-state index < -0.39 is 18.5 Å². The highest BCUT2D eigenvalue weighted by molar-refractivity contribution is 7.18. The molecule has 0 amide bonds. The predicted octanol–water partition coefficient (Wildman–Crippen LogP) is 2.63. The molecule has 0 saturated heterocycles. The monoisotopic (exact) mass is 313 g/mol. The Morgan fingerprint density at radius 2 is 2.15 bits per heavy atom. The van der Waals surface area contributed by atoms with Gasteiger partial charge in [0.15, 0.2) is 17.2 Å². The fourth-order valence-corrected chi connectivity index (χ4v) is 2.88. The van der Waals surface area contributed by atoms with E-state index in [0.29, 0.717) is 10.4 Å². The van der Waals surface area contributed by atoms with Gasteiger partial charge in [0, 0.05) is 18.0 Å². The third-order valence-corrected chi connectivity index (χ3v) is 3.95. The summed E-state index contributed by atoms with van der Waals surface area (Å²) in [6, 6.07) is 3.40. The molecule has 104 valence electrons. The van der Waals surface area contributed by atoms with E-state index in [1.165, 1.54) is 6.20 Å². The van der Waals surface area contributed by atoms with E-state index in [4.69, 9.17) is 26.6 Å². The summed E-state index contributed by atoms with van der Waals surface area (Å²) < 4.78 is 4.97. The fourth-order valence-electron chi connectivity index (χ4n) is 1.48. The highest BCUT2D eigenvalue weighted by Crippen LogP contribution is 2.45. The second-order valence-electron chi connectivity index (χ2n) is 3.63. The summed E-state index contributed by atoms with van der Waals surface area (Å²) in [4.78, 5) is 25.9. The Hall–Kier alpha value is -2.12. The molecule has 2 heterocycles. The smallest absolute Gasteiger partial charge is 0.349 e. The molecule has 2 aromatic heterocycles. The summed E-state index contributed by atoms with van der Waals surface area (Å²) in [5.74, 6) is -2.58. The van der Waals surface area contributed by atoms with Crippen LogP contribution >= 0.6 is 22.9 Å². The van der Waals surface area contributed by atoms with Gasteiger partial charge >= 0.3 is 11.9 Å². The Kier molecular flexibility index (Phi) is 4.21. The maximum Gasteiger partial charge on any atom is 0.349 e. The highest BCUT2D eigenvalue weighted by Gasteiger charge is 2.24. The lowest BCUT2D eigenvalue weighted by Crippen LogP contribution is -2.10. The summed E-state index contributed by atoms with van der Waals surface area (Å²) in [7, 11) is 0. The SMILES string of the molecule is O=C(O)COc1c(C(=O)O)sc(-c2cccnc2)c1Cl. The number of ether oxygens (including phenoxy) is 1. The van der Waals surface area contributed by atoms with Crippen molar-refractivity contribution in [3.63, 3.8) is 0 Å². The summed E-state index contributed by atoms with van der Waals surface area (Å²) in [5.41, 5.74) is 0.634. The van der Waals surface area contributed by atoms with Gasteiger partial charge in [0.25, 0.3) is 0 Å². The molecule has 6 nitrogen and oxygen atoms in total. The number of thiophene rings is 1. The highest BCUT2D eigenvalue weighted by atomic mass is 35.5. The van der Waals surface area contributed by atoms with Crippen molar-refractivity contribution in [3.05, 3.63) is 34.4 Å². The molecule has 0 aliphatic heterocycles. The molecule has 0 atom stereocenters. The number of rotatable bonds is 5.